The van der Waals surface area contributed by atoms with Crippen molar-refractivity contribution in [2.75, 3.05) is 16.2 Å². The van der Waals surface area contributed by atoms with Crippen molar-refractivity contribution in [3.63, 3.8) is 0 Å². The first-order valence-corrected chi connectivity index (χ1v) is 13.1. The number of benzene rings is 1. The molecule has 0 saturated carbocycles. The zero-order chi connectivity index (χ0) is 30.4. The van der Waals surface area contributed by atoms with Crippen LogP contribution in [0.25, 0.3) is 0 Å². The van der Waals surface area contributed by atoms with Crippen LogP contribution < -0.4 is 19.7 Å². The van der Waals surface area contributed by atoms with E-state index in [1.165, 1.54) is 26.0 Å². The Bertz CT molecular complexity index is 1410. The molecule has 1 aliphatic rings. The first kappa shape index (κ1) is 30.9. The second-order valence-corrected chi connectivity index (χ2v) is 11.9. The number of amides is 2. The van der Waals surface area contributed by atoms with Crippen LogP contribution in [0, 0.1) is 6.92 Å². The highest BCUT2D eigenvalue weighted by molar-refractivity contribution is 7.92. The largest absolute Gasteiger partial charge is 0.484 e. The number of alkyl halides is 5. The number of fused-ring (bicyclic) bond motifs is 1. The lowest BCUT2D eigenvalue weighted by atomic mass is 9.95. The molecule has 2 amide bonds. The third kappa shape index (κ3) is 6.23. The Morgan fingerprint density at radius 3 is 2.33 bits per heavy atom. The molecule has 0 aliphatic carbocycles. The van der Waals surface area contributed by atoms with Gasteiger partial charge in [-0.05, 0) is 52.8 Å². The number of ether oxygens (including phenoxy) is 2. The molecule has 0 fully saturated rings. The second kappa shape index (κ2) is 10.4. The lowest BCUT2D eigenvalue weighted by Gasteiger charge is -2.42. The molecule has 1 aliphatic heterocycles. The summed E-state index contributed by atoms with van der Waals surface area (Å²) in [6, 6.07) is 3.61. The summed E-state index contributed by atoms with van der Waals surface area (Å²) in [7, 11) is -4.60. The minimum atomic E-state index is -4.87. The van der Waals surface area contributed by atoms with Crippen molar-refractivity contribution in [2.24, 2.45) is 0 Å². The van der Waals surface area contributed by atoms with E-state index in [9.17, 15) is 40.0 Å². The van der Waals surface area contributed by atoms with Gasteiger partial charge in [0.2, 0.25) is 11.5 Å². The van der Waals surface area contributed by atoms with Crippen molar-refractivity contribution < 1.29 is 49.4 Å². The molecule has 0 saturated heterocycles. The van der Waals surface area contributed by atoms with Crippen LogP contribution in [0.15, 0.2) is 29.3 Å². The molecule has 11 nitrogen and oxygen atoms in total. The number of anilines is 2. The molecule has 1 aromatic heterocycles. The molecule has 0 bridgehead atoms. The summed E-state index contributed by atoms with van der Waals surface area (Å²) < 4.78 is 105. The van der Waals surface area contributed by atoms with Gasteiger partial charge in [0.25, 0.3) is 10.0 Å². The Balaban J connectivity index is 2.06. The van der Waals surface area contributed by atoms with E-state index in [4.69, 9.17) is 4.74 Å². The average Bonchev–Trinajstić information content (AvgIpc) is 3.19. The van der Waals surface area contributed by atoms with Gasteiger partial charge in [-0.15, -0.1) is 0 Å². The van der Waals surface area contributed by atoms with Gasteiger partial charge < -0.3 is 14.8 Å². The number of halogens is 5. The number of hydrogen-bond acceptors (Lipinski definition) is 7. The quantitative estimate of drug-likeness (QED) is 0.454. The SMILES string of the molecule is CC(=O)NC(C)(C)[C@H]1CN(S(=O)(=O)c2cn(C(F)F)nc2C)c2cc(NC(=O)OC(C)(C)C(F)(F)F)ccc2O1. The van der Waals surface area contributed by atoms with Gasteiger partial charge in [-0.1, -0.05) is 0 Å². The van der Waals surface area contributed by atoms with Crippen molar-refractivity contribution in [2.45, 2.75) is 76.4 Å². The molecule has 1 aromatic carbocycles. The second-order valence-electron chi connectivity index (χ2n) is 10.1. The van der Waals surface area contributed by atoms with Crippen molar-refractivity contribution in [3.05, 3.63) is 30.1 Å². The molecule has 2 heterocycles. The smallest absolute Gasteiger partial charge is 0.427 e. The summed E-state index contributed by atoms with van der Waals surface area (Å²) in [5.41, 5.74) is -4.48. The van der Waals surface area contributed by atoms with Crippen LogP contribution in [0.4, 0.5) is 38.1 Å². The fourth-order valence-corrected chi connectivity index (χ4v) is 5.46. The molecule has 3 rings (SSSR count). The summed E-state index contributed by atoms with van der Waals surface area (Å²) >= 11 is 0. The number of nitrogens with zero attached hydrogens (tertiary/aromatic N) is 3. The van der Waals surface area contributed by atoms with Gasteiger partial charge in [-0.3, -0.25) is 14.4 Å². The summed E-state index contributed by atoms with van der Waals surface area (Å²) in [6.07, 6.45) is -6.65. The van der Waals surface area contributed by atoms with Crippen LogP contribution >= 0.6 is 0 Å². The maximum absolute atomic E-state index is 13.8. The molecule has 0 unspecified atom stereocenters. The Hall–Kier alpha value is -3.63. The third-order valence-corrected chi connectivity index (χ3v) is 7.93. The topological polar surface area (TPSA) is 132 Å². The highest BCUT2D eigenvalue weighted by Gasteiger charge is 2.51. The first-order valence-electron chi connectivity index (χ1n) is 11.7. The number of hydrogen-bond donors (Lipinski definition) is 2. The standard InChI is InChI=1S/C23H28F5N5O6S/c1-12-17(10-32(31-12)19(24)25)40(36,37)33-11-18(21(3,4)30-13(2)34)38-16-8-7-14(9-15(16)33)29-20(35)39-22(5,6)23(26,27)28/h7-10,18-19H,11H2,1-6H3,(H,29,35)(H,30,34)/t18-/m1/s1. The summed E-state index contributed by atoms with van der Waals surface area (Å²) in [5, 5.41) is 8.34. The van der Waals surface area contributed by atoms with E-state index >= 15 is 0 Å². The van der Waals surface area contributed by atoms with Crippen molar-refractivity contribution in [1.29, 1.82) is 0 Å². The van der Waals surface area contributed by atoms with E-state index in [0.717, 1.165) is 10.4 Å². The molecule has 2 aromatic rings. The van der Waals surface area contributed by atoms with E-state index in [2.05, 4.69) is 20.5 Å². The van der Waals surface area contributed by atoms with Crippen LogP contribution in [0.2, 0.25) is 0 Å². The molecule has 222 valence electrons. The fourth-order valence-electron chi connectivity index (χ4n) is 3.84. The number of rotatable bonds is 7. The Morgan fingerprint density at radius 1 is 1.18 bits per heavy atom. The number of nitrogens with one attached hydrogen (secondary N) is 2. The Labute approximate surface area is 226 Å². The summed E-state index contributed by atoms with van der Waals surface area (Å²) in [6.45, 7) is 3.42. The Morgan fingerprint density at radius 2 is 1.80 bits per heavy atom. The average molecular weight is 598 g/mol. The molecule has 0 radical (unpaired) electrons. The number of sulfonamides is 1. The number of carbonyl (C=O) groups excluding carboxylic acids is 2. The van der Waals surface area contributed by atoms with Crippen molar-refractivity contribution in [1.82, 2.24) is 15.1 Å². The molecule has 1 atom stereocenters. The van der Waals surface area contributed by atoms with Gasteiger partial charge >= 0.3 is 18.8 Å². The monoisotopic (exact) mass is 597 g/mol. The van der Waals surface area contributed by atoms with Crippen LogP contribution in [-0.2, 0) is 19.6 Å². The van der Waals surface area contributed by atoms with Crippen LogP contribution in [0.5, 0.6) is 5.75 Å². The van der Waals surface area contributed by atoms with Gasteiger partial charge in [0, 0.05) is 12.6 Å². The minimum Gasteiger partial charge on any atom is -0.484 e. The predicted molar refractivity (Wildman–Crippen MR) is 132 cm³/mol. The third-order valence-electron chi connectivity index (χ3n) is 6.05. The molecule has 0 spiro atoms. The van der Waals surface area contributed by atoms with Crippen molar-refractivity contribution >= 4 is 33.4 Å². The van der Waals surface area contributed by atoms with Crippen LogP contribution in [0.1, 0.15) is 46.9 Å². The highest BCUT2D eigenvalue weighted by Crippen LogP contribution is 2.41. The summed E-state index contributed by atoms with van der Waals surface area (Å²) in [4.78, 5) is 23.4. The van der Waals surface area contributed by atoms with Crippen LogP contribution in [0.3, 0.4) is 0 Å². The molecule has 17 heteroatoms. The maximum atomic E-state index is 13.8. The minimum absolute atomic E-state index is 0.0355. The number of aryl methyl sites for hydroxylation is 1. The zero-order valence-corrected chi connectivity index (χ0v) is 23.1. The van der Waals surface area contributed by atoms with E-state index in [1.54, 1.807) is 13.8 Å². The summed E-state index contributed by atoms with van der Waals surface area (Å²) in [5.74, 6) is -0.464. The normalized spacial score (nSPS) is 16.3. The molecule has 40 heavy (non-hydrogen) atoms. The molecular weight excluding hydrogens is 569 g/mol. The highest BCUT2D eigenvalue weighted by atomic mass is 32.2. The van der Waals surface area contributed by atoms with Gasteiger partial charge in [0.15, 0.2) is 0 Å². The Kier molecular flexibility index (Phi) is 8.04. The van der Waals surface area contributed by atoms with Crippen LogP contribution in [-0.4, -0.2) is 60.2 Å². The van der Waals surface area contributed by atoms with E-state index in [-0.39, 0.29) is 27.5 Å². The maximum Gasteiger partial charge on any atom is 0.427 e. The van der Waals surface area contributed by atoms with Gasteiger partial charge in [0.05, 0.1) is 29.7 Å². The number of carbonyl (C=O) groups is 2. The predicted octanol–water partition coefficient (Wildman–Crippen LogP) is 4.35. The number of aromatic nitrogens is 2. The van der Waals surface area contributed by atoms with Crippen molar-refractivity contribution in [3.8, 4) is 5.75 Å². The van der Waals surface area contributed by atoms with Gasteiger partial charge in [-0.2, -0.15) is 27.1 Å². The first-order chi connectivity index (χ1) is 18.2. The lowest BCUT2D eigenvalue weighted by molar-refractivity contribution is -0.242. The fraction of sp³-hybridized carbons (Fsp3) is 0.522. The van der Waals surface area contributed by atoms with E-state index < -0.39 is 63.4 Å². The zero-order valence-electron chi connectivity index (χ0n) is 22.3. The van der Waals surface area contributed by atoms with E-state index in [1.807, 2.05) is 0 Å². The lowest BCUT2D eigenvalue weighted by Crippen LogP contribution is -2.60. The van der Waals surface area contributed by atoms with E-state index in [0.29, 0.717) is 20.0 Å². The van der Waals surface area contributed by atoms with Gasteiger partial charge in [-0.25, -0.2) is 17.9 Å². The molecule has 2 N–H and O–H groups in total. The molecular formula is C23H28F5N5O6S. The van der Waals surface area contributed by atoms with Gasteiger partial charge in [0.1, 0.15) is 16.7 Å².